The van der Waals surface area contributed by atoms with Crippen molar-refractivity contribution in [3.05, 3.63) is 0 Å². The van der Waals surface area contributed by atoms with E-state index >= 15 is 0 Å². The third-order valence-corrected chi connectivity index (χ3v) is 7.16. The summed E-state index contributed by atoms with van der Waals surface area (Å²) in [6, 6.07) is -0.455. The Balaban J connectivity index is 3.00. The molecule has 1 aliphatic rings. The quantitative estimate of drug-likeness (QED) is 0.452. The summed E-state index contributed by atoms with van der Waals surface area (Å²) in [6.07, 6.45) is 1.61. The zero-order valence-corrected chi connectivity index (χ0v) is 11.8. The van der Waals surface area contributed by atoms with Crippen LogP contribution in [0.4, 0.5) is 0 Å². The summed E-state index contributed by atoms with van der Waals surface area (Å²) >= 11 is 0. The molecule has 1 rings (SSSR count). The van der Waals surface area contributed by atoms with Gasteiger partial charge in [0.05, 0.1) is 0 Å². The van der Waals surface area contributed by atoms with Gasteiger partial charge in [0.2, 0.25) is 0 Å². The van der Waals surface area contributed by atoms with Crippen molar-refractivity contribution in [3.8, 4) is 0 Å². The molecular weight excluding hydrogens is 284 g/mol. The van der Waals surface area contributed by atoms with Gasteiger partial charge in [-0.05, 0) is 26.4 Å². The van der Waals surface area contributed by atoms with Crippen molar-refractivity contribution in [1.82, 2.24) is 4.90 Å². The van der Waals surface area contributed by atoms with Crippen LogP contribution in [0.25, 0.3) is 0 Å². The van der Waals surface area contributed by atoms with E-state index in [1.165, 1.54) is 0 Å². The first-order valence-corrected chi connectivity index (χ1v) is 8.75. The molecule has 0 saturated carbocycles. The fourth-order valence-corrected chi connectivity index (χ4v) is 4.38. The fraction of sp³-hybridized carbons (Fsp3) is 1.00. The number of rotatable bonds is 4. The van der Waals surface area contributed by atoms with Crippen LogP contribution in [0.15, 0.2) is 0 Å². The van der Waals surface area contributed by atoms with Gasteiger partial charge in [0.15, 0.2) is 0 Å². The number of piperidine rings is 1. The lowest BCUT2D eigenvalue weighted by Crippen LogP contribution is -2.43. The topological polar surface area (TPSA) is 139 Å². The fourth-order valence-electron chi connectivity index (χ4n) is 2.13. The number of aliphatic hydroxyl groups is 1. The SMILES string of the molecule is CN1CCCCC1CC(O)(P(=O)(O)O)P(=O)(O)O. The van der Waals surface area contributed by atoms with Gasteiger partial charge < -0.3 is 29.6 Å². The molecule has 1 aliphatic heterocycles. The van der Waals surface area contributed by atoms with E-state index in [9.17, 15) is 14.2 Å². The van der Waals surface area contributed by atoms with Crippen LogP contribution in [0.5, 0.6) is 0 Å². The van der Waals surface area contributed by atoms with Crippen LogP contribution in [0, 0.1) is 0 Å². The van der Waals surface area contributed by atoms with E-state index in [1.54, 1.807) is 11.9 Å². The maximum Gasteiger partial charge on any atom is 0.369 e. The van der Waals surface area contributed by atoms with Gasteiger partial charge in [-0.1, -0.05) is 6.42 Å². The highest BCUT2D eigenvalue weighted by atomic mass is 31.2. The maximum absolute atomic E-state index is 11.2. The summed E-state index contributed by atoms with van der Waals surface area (Å²) in [4.78, 5) is 37.9. The van der Waals surface area contributed by atoms with Crippen LogP contribution >= 0.6 is 15.2 Å². The molecule has 18 heavy (non-hydrogen) atoms. The lowest BCUT2D eigenvalue weighted by atomic mass is 10.0. The Morgan fingerprint density at radius 2 is 1.67 bits per heavy atom. The molecule has 1 unspecified atom stereocenters. The van der Waals surface area contributed by atoms with E-state index in [1.807, 2.05) is 0 Å². The van der Waals surface area contributed by atoms with Gasteiger partial charge >= 0.3 is 15.2 Å². The Hall–Kier alpha value is 0.220. The van der Waals surface area contributed by atoms with Crippen molar-refractivity contribution < 1.29 is 33.8 Å². The van der Waals surface area contributed by atoms with Gasteiger partial charge in [-0.2, -0.15) is 0 Å². The van der Waals surface area contributed by atoms with Crippen LogP contribution in [0.1, 0.15) is 25.7 Å². The molecule has 0 radical (unpaired) electrons. The molecule has 108 valence electrons. The lowest BCUT2D eigenvalue weighted by molar-refractivity contribution is 0.0753. The van der Waals surface area contributed by atoms with E-state index in [4.69, 9.17) is 19.6 Å². The lowest BCUT2D eigenvalue weighted by Gasteiger charge is -2.38. The van der Waals surface area contributed by atoms with Crippen LogP contribution < -0.4 is 0 Å². The Bertz CT molecular complexity index is 367. The average Bonchev–Trinajstić information content (AvgIpc) is 2.18. The first-order chi connectivity index (χ1) is 7.99. The minimum atomic E-state index is -5.34. The van der Waals surface area contributed by atoms with Crippen LogP contribution in [0.3, 0.4) is 0 Å². The highest BCUT2D eigenvalue weighted by molar-refractivity contribution is 7.72. The smallest absolute Gasteiger partial charge is 0.367 e. The second kappa shape index (κ2) is 5.31. The molecule has 0 aromatic carbocycles. The molecule has 0 spiro atoms. The molecule has 8 nitrogen and oxygen atoms in total. The van der Waals surface area contributed by atoms with Crippen molar-refractivity contribution >= 4 is 15.2 Å². The van der Waals surface area contributed by atoms with Gasteiger partial charge in [-0.15, -0.1) is 0 Å². The van der Waals surface area contributed by atoms with Crippen molar-refractivity contribution in [3.63, 3.8) is 0 Å². The highest BCUT2D eigenvalue weighted by Gasteiger charge is 2.60. The molecule has 0 aromatic rings. The van der Waals surface area contributed by atoms with Crippen molar-refractivity contribution in [2.24, 2.45) is 0 Å². The van der Waals surface area contributed by atoms with Crippen LogP contribution in [0.2, 0.25) is 0 Å². The van der Waals surface area contributed by atoms with Crippen LogP contribution in [-0.4, -0.2) is 54.3 Å². The van der Waals surface area contributed by atoms with E-state index < -0.39 is 32.7 Å². The standard InChI is InChI=1S/C8H19NO7P2/c1-9-5-3-2-4-7(9)6-8(10,17(11,12)13)18(14,15)16/h7,10H,2-6H2,1H3,(H2,11,12,13)(H2,14,15,16). The molecule has 0 aliphatic carbocycles. The summed E-state index contributed by atoms with van der Waals surface area (Å²) in [5, 5.41) is 6.51. The highest BCUT2D eigenvalue weighted by Crippen LogP contribution is 2.69. The third-order valence-electron chi connectivity index (χ3n) is 3.36. The Kier molecular flexibility index (Phi) is 4.80. The zero-order chi connectivity index (χ0) is 14.2. The summed E-state index contributed by atoms with van der Waals surface area (Å²) in [5.74, 6) is 0. The van der Waals surface area contributed by atoms with Gasteiger partial charge in [0.25, 0.3) is 5.08 Å². The van der Waals surface area contributed by atoms with E-state index in [0.717, 1.165) is 12.8 Å². The summed E-state index contributed by atoms with van der Waals surface area (Å²) < 4.78 is 22.4. The van der Waals surface area contributed by atoms with E-state index in [0.29, 0.717) is 13.0 Å². The molecule has 10 heteroatoms. The van der Waals surface area contributed by atoms with E-state index in [2.05, 4.69) is 0 Å². The molecule has 1 heterocycles. The average molecular weight is 303 g/mol. The Morgan fingerprint density at radius 1 is 1.17 bits per heavy atom. The normalized spacial score (nSPS) is 24.2. The molecular formula is C8H19NO7P2. The van der Waals surface area contributed by atoms with E-state index in [-0.39, 0.29) is 0 Å². The predicted octanol–water partition coefficient (Wildman–Crippen LogP) is -0.138. The third kappa shape index (κ3) is 3.21. The van der Waals surface area contributed by atoms with Gasteiger partial charge in [-0.3, -0.25) is 9.13 Å². The van der Waals surface area contributed by atoms with Crippen molar-refractivity contribution in [2.45, 2.75) is 36.8 Å². The number of likely N-dealkylation sites (tertiary alicyclic amines) is 1. The largest absolute Gasteiger partial charge is 0.369 e. The van der Waals surface area contributed by atoms with Crippen molar-refractivity contribution in [2.75, 3.05) is 13.6 Å². The Morgan fingerprint density at radius 3 is 2.06 bits per heavy atom. The van der Waals surface area contributed by atoms with Gasteiger partial charge in [0.1, 0.15) is 0 Å². The molecule has 0 aromatic heterocycles. The monoisotopic (exact) mass is 303 g/mol. The molecule has 5 N–H and O–H groups in total. The molecule has 1 atom stereocenters. The summed E-state index contributed by atoms with van der Waals surface area (Å²) in [5.41, 5.74) is 0. The second-order valence-corrected chi connectivity index (χ2v) is 8.71. The zero-order valence-electron chi connectivity index (χ0n) is 10.0. The minimum Gasteiger partial charge on any atom is -0.367 e. The second-order valence-electron chi connectivity index (χ2n) is 4.70. The maximum atomic E-state index is 11.2. The molecule has 0 amide bonds. The van der Waals surface area contributed by atoms with Gasteiger partial charge in [0, 0.05) is 12.5 Å². The minimum absolute atomic E-state index is 0.455. The summed E-state index contributed by atoms with van der Waals surface area (Å²) in [7, 11) is -8.98. The molecule has 1 fully saturated rings. The molecule has 1 saturated heterocycles. The van der Waals surface area contributed by atoms with Crippen LogP contribution in [-0.2, 0) is 9.13 Å². The number of hydrogen-bond acceptors (Lipinski definition) is 4. The first kappa shape index (κ1) is 16.3. The van der Waals surface area contributed by atoms with Gasteiger partial charge in [-0.25, -0.2) is 0 Å². The predicted molar refractivity (Wildman–Crippen MR) is 63.9 cm³/mol. The Labute approximate surface area is 105 Å². The molecule has 0 bridgehead atoms. The van der Waals surface area contributed by atoms with Crippen molar-refractivity contribution in [1.29, 1.82) is 0 Å². The first-order valence-electron chi connectivity index (χ1n) is 5.53. The number of hydrogen-bond donors (Lipinski definition) is 5. The number of nitrogens with zero attached hydrogens (tertiary/aromatic N) is 1. The summed E-state index contributed by atoms with van der Waals surface area (Å²) in [6.45, 7) is 0.670.